The third-order valence-corrected chi connectivity index (χ3v) is 3.98. The Bertz CT molecular complexity index is 690. The van der Waals surface area contributed by atoms with Gasteiger partial charge < -0.3 is 19.8 Å². The third-order valence-electron chi connectivity index (χ3n) is 3.98. The fourth-order valence-electron chi connectivity index (χ4n) is 2.15. The smallest absolute Gasteiger partial charge is 0.226 e. The van der Waals surface area contributed by atoms with Gasteiger partial charge in [0.05, 0.1) is 11.3 Å². The first-order valence-corrected chi connectivity index (χ1v) is 8.44. The number of guanidine groups is 1. The van der Waals surface area contributed by atoms with Gasteiger partial charge in [-0.25, -0.2) is 4.98 Å². The monoisotopic (exact) mass is 344 g/mol. The second kappa shape index (κ2) is 8.67. The highest BCUT2D eigenvalue weighted by molar-refractivity contribution is 5.79. The van der Waals surface area contributed by atoms with E-state index < -0.39 is 0 Å². The predicted octanol–water partition coefficient (Wildman–Crippen LogP) is 2.78. The zero-order chi connectivity index (χ0) is 18.3. The van der Waals surface area contributed by atoms with Crippen LogP contribution in [0.15, 0.2) is 39.9 Å². The van der Waals surface area contributed by atoms with Crippen LogP contribution < -0.4 is 10.6 Å². The van der Waals surface area contributed by atoms with E-state index in [0.29, 0.717) is 19.0 Å². The quantitative estimate of drug-likeness (QED) is 0.597. The van der Waals surface area contributed by atoms with Crippen LogP contribution in [0.2, 0.25) is 0 Å². The van der Waals surface area contributed by atoms with Crippen LogP contribution in [-0.4, -0.2) is 43.8 Å². The van der Waals surface area contributed by atoms with E-state index in [2.05, 4.69) is 39.7 Å². The van der Waals surface area contributed by atoms with Gasteiger partial charge in [0.15, 0.2) is 5.96 Å². The number of benzene rings is 1. The fourth-order valence-corrected chi connectivity index (χ4v) is 2.15. The molecule has 0 aliphatic rings. The molecule has 0 saturated heterocycles. The van der Waals surface area contributed by atoms with Gasteiger partial charge in [-0.3, -0.25) is 4.99 Å². The summed E-state index contributed by atoms with van der Waals surface area (Å²) in [5, 5.41) is 6.53. The highest BCUT2D eigenvalue weighted by Crippen LogP contribution is 2.19. The van der Waals surface area contributed by atoms with E-state index in [1.807, 2.05) is 26.0 Å². The standard InChI is InChI=1S/C19H28N4O2/c1-14-6-8-15(9-7-14)17-23-16(12-25-17)10-11-21-18(20-4)22-13-19(2,3)24-5/h6-9,12H,10-11,13H2,1-5H3,(H2,20,21,22). The molecule has 6 nitrogen and oxygen atoms in total. The largest absolute Gasteiger partial charge is 0.444 e. The van der Waals surface area contributed by atoms with E-state index in [-0.39, 0.29) is 5.60 Å². The molecule has 0 aliphatic heterocycles. The molecule has 0 fully saturated rings. The highest BCUT2D eigenvalue weighted by atomic mass is 16.5. The number of nitrogens with one attached hydrogen (secondary N) is 2. The van der Waals surface area contributed by atoms with Gasteiger partial charge in [-0.2, -0.15) is 0 Å². The lowest BCUT2D eigenvalue weighted by Gasteiger charge is -2.24. The minimum atomic E-state index is -0.243. The molecule has 25 heavy (non-hydrogen) atoms. The van der Waals surface area contributed by atoms with Gasteiger partial charge in [0.1, 0.15) is 6.26 Å². The molecule has 0 unspecified atom stereocenters. The maximum Gasteiger partial charge on any atom is 0.226 e. The molecule has 0 saturated carbocycles. The number of ether oxygens (including phenoxy) is 1. The van der Waals surface area contributed by atoms with E-state index in [4.69, 9.17) is 9.15 Å². The molecular formula is C19H28N4O2. The van der Waals surface area contributed by atoms with E-state index in [1.165, 1.54) is 5.56 Å². The predicted molar refractivity (Wildman–Crippen MR) is 101 cm³/mol. The maximum absolute atomic E-state index is 5.58. The summed E-state index contributed by atoms with van der Waals surface area (Å²) in [5.74, 6) is 1.40. The second-order valence-corrected chi connectivity index (χ2v) is 6.58. The van der Waals surface area contributed by atoms with E-state index >= 15 is 0 Å². The van der Waals surface area contributed by atoms with Crippen LogP contribution in [0.3, 0.4) is 0 Å². The highest BCUT2D eigenvalue weighted by Gasteiger charge is 2.16. The molecule has 2 aromatic rings. The summed E-state index contributed by atoms with van der Waals surface area (Å²) in [4.78, 5) is 8.76. The Morgan fingerprint density at radius 2 is 1.96 bits per heavy atom. The number of rotatable bonds is 7. The Kier molecular flexibility index (Phi) is 6.58. The summed E-state index contributed by atoms with van der Waals surface area (Å²) in [5.41, 5.74) is 2.88. The number of nitrogens with zero attached hydrogens (tertiary/aromatic N) is 2. The average molecular weight is 344 g/mol. The zero-order valence-corrected chi connectivity index (χ0v) is 15.7. The van der Waals surface area contributed by atoms with E-state index in [0.717, 1.165) is 23.6 Å². The molecular weight excluding hydrogens is 316 g/mol. The van der Waals surface area contributed by atoms with Crippen molar-refractivity contribution in [3.05, 3.63) is 41.8 Å². The lowest BCUT2D eigenvalue weighted by molar-refractivity contribution is 0.0268. The summed E-state index contributed by atoms with van der Waals surface area (Å²) >= 11 is 0. The van der Waals surface area contributed by atoms with Gasteiger partial charge >= 0.3 is 0 Å². The Morgan fingerprint density at radius 3 is 2.60 bits per heavy atom. The number of oxazole rings is 1. The van der Waals surface area contributed by atoms with Crippen LogP contribution in [0.1, 0.15) is 25.1 Å². The van der Waals surface area contributed by atoms with Crippen molar-refractivity contribution in [3.8, 4) is 11.5 Å². The molecule has 136 valence electrons. The number of aliphatic imine (C=N–C) groups is 1. The van der Waals surface area contributed by atoms with Crippen LogP contribution in [-0.2, 0) is 11.2 Å². The van der Waals surface area contributed by atoms with E-state index in [1.54, 1.807) is 20.4 Å². The normalized spacial score (nSPS) is 12.3. The molecule has 0 spiro atoms. The van der Waals surface area contributed by atoms with Gasteiger partial charge in [-0.15, -0.1) is 0 Å². The van der Waals surface area contributed by atoms with Gasteiger partial charge in [0, 0.05) is 39.2 Å². The summed E-state index contributed by atoms with van der Waals surface area (Å²) in [6.45, 7) is 7.49. The SMILES string of the molecule is CN=C(NCCc1coc(-c2ccc(C)cc2)n1)NCC(C)(C)OC. The first kappa shape index (κ1) is 19.0. The Balaban J connectivity index is 1.82. The van der Waals surface area contributed by atoms with Crippen molar-refractivity contribution in [2.45, 2.75) is 32.8 Å². The summed E-state index contributed by atoms with van der Waals surface area (Å²) in [7, 11) is 3.45. The first-order chi connectivity index (χ1) is 11.9. The number of hydrogen-bond donors (Lipinski definition) is 2. The van der Waals surface area contributed by atoms with Gasteiger partial charge in [-0.05, 0) is 32.9 Å². The molecule has 1 heterocycles. The lowest BCUT2D eigenvalue weighted by Crippen LogP contribution is -2.45. The van der Waals surface area contributed by atoms with Crippen LogP contribution in [0.5, 0.6) is 0 Å². The van der Waals surface area contributed by atoms with Crippen LogP contribution in [0, 0.1) is 6.92 Å². The Morgan fingerprint density at radius 1 is 1.24 bits per heavy atom. The first-order valence-electron chi connectivity index (χ1n) is 8.44. The number of aryl methyl sites for hydroxylation is 1. The van der Waals surface area contributed by atoms with E-state index in [9.17, 15) is 0 Å². The zero-order valence-electron chi connectivity index (χ0n) is 15.7. The molecule has 0 aliphatic carbocycles. The second-order valence-electron chi connectivity index (χ2n) is 6.58. The number of methoxy groups -OCH3 is 1. The summed E-state index contributed by atoms with van der Waals surface area (Å²) in [6, 6.07) is 8.15. The van der Waals surface area contributed by atoms with Gasteiger partial charge in [0.2, 0.25) is 5.89 Å². The number of hydrogen-bond acceptors (Lipinski definition) is 4. The molecule has 1 aromatic heterocycles. The molecule has 0 amide bonds. The van der Waals surface area contributed by atoms with Crippen molar-refractivity contribution in [1.29, 1.82) is 0 Å². The van der Waals surface area contributed by atoms with Crippen molar-refractivity contribution < 1.29 is 9.15 Å². The molecule has 2 N–H and O–H groups in total. The van der Waals surface area contributed by atoms with Gasteiger partial charge in [0.25, 0.3) is 0 Å². The summed E-state index contributed by atoms with van der Waals surface area (Å²) < 4.78 is 11.0. The minimum Gasteiger partial charge on any atom is -0.444 e. The number of aromatic nitrogens is 1. The summed E-state index contributed by atoms with van der Waals surface area (Å²) in [6.07, 6.45) is 2.46. The third kappa shape index (κ3) is 5.90. The molecule has 0 atom stereocenters. The molecule has 1 aromatic carbocycles. The van der Waals surface area contributed by atoms with Crippen molar-refractivity contribution in [2.24, 2.45) is 4.99 Å². The van der Waals surface area contributed by atoms with Crippen LogP contribution in [0.4, 0.5) is 0 Å². The van der Waals surface area contributed by atoms with Crippen LogP contribution in [0.25, 0.3) is 11.5 Å². The van der Waals surface area contributed by atoms with Crippen LogP contribution >= 0.6 is 0 Å². The fraction of sp³-hybridized carbons (Fsp3) is 0.474. The average Bonchev–Trinajstić information content (AvgIpc) is 3.07. The minimum absolute atomic E-state index is 0.243. The lowest BCUT2D eigenvalue weighted by atomic mass is 10.1. The van der Waals surface area contributed by atoms with Gasteiger partial charge in [-0.1, -0.05) is 17.7 Å². The van der Waals surface area contributed by atoms with Crippen molar-refractivity contribution in [2.75, 3.05) is 27.2 Å². The van der Waals surface area contributed by atoms with Crippen molar-refractivity contribution >= 4 is 5.96 Å². The molecule has 0 radical (unpaired) electrons. The maximum atomic E-state index is 5.58. The Hall–Kier alpha value is -2.34. The topological polar surface area (TPSA) is 71.7 Å². The molecule has 2 rings (SSSR count). The molecule has 0 bridgehead atoms. The van der Waals surface area contributed by atoms with Crippen molar-refractivity contribution in [1.82, 2.24) is 15.6 Å². The van der Waals surface area contributed by atoms with Crippen molar-refractivity contribution in [3.63, 3.8) is 0 Å². The molecule has 6 heteroatoms. The Labute approximate surface area is 149 Å².